The van der Waals surface area contributed by atoms with E-state index in [0.717, 1.165) is 5.56 Å². The smallest absolute Gasteiger partial charge is 0.417 e. The topological polar surface area (TPSA) is 72.9 Å². The van der Waals surface area contributed by atoms with E-state index in [-0.39, 0.29) is 24.3 Å². The molecule has 1 aliphatic heterocycles. The van der Waals surface area contributed by atoms with Crippen molar-refractivity contribution in [2.45, 2.75) is 69.6 Å². The number of thioether (sulfide) groups is 1. The van der Waals surface area contributed by atoms with E-state index in [4.69, 9.17) is 9.47 Å². The van der Waals surface area contributed by atoms with Crippen molar-refractivity contribution in [2.24, 2.45) is 0 Å². The van der Waals surface area contributed by atoms with E-state index in [1.807, 2.05) is 44.2 Å². The molecule has 0 saturated carbocycles. The fourth-order valence-electron chi connectivity index (χ4n) is 2.98. The van der Waals surface area contributed by atoms with Crippen LogP contribution in [-0.2, 0) is 25.5 Å². The third-order valence-corrected chi connectivity index (χ3v) is 5.24. The zero-order chi connectivity index (χ0) is 20.9. The first-order chi connectivity index (χ1) is 13.1. The zero-order valence-corrected chi connectivity index (χ0v) is 18.0. The number of rotatable bonds is 7. The summed E-state index contributed by atoms with van der Waals surface area (Å²) < 4.78 is 10.5. The molecule has 1 heterocycles. The van der Waals surface area contributed by atoms with Crippen LogP contribution in [-0.4, -0.2) is 51.6 Å². The van der Waals surface area contributed by atoms with E-state index in [2.05, 4.69) is 0 Å². The van der Waals surface area contributed by atoms with Crippen molar-refractivity contribution in [1.82, 2.24) is 4.90 Å². The highest BCUT2D eigenvalue weighted by molar-refractivity contribution is 8.01. The lowest BCUT2D eigenvalue weighted by Gasteiger charge is -2.26. The van der Waals surface area contributed by atoms with Gasteiger partial charge < -0.3 is 9.47 Å². The quantitative estimate of drug-likeness (QED) is 0.640. The van der Waals surface area contributed by atoms with Gasteiger partial charge in [-0.1, -0.05) is 44.2 Å². The Morgan fingerprint density at radius 2 is 1.89 bits per heavy atom. The number of hydrogen-bond donors (Lipinski definition) is 0. The molecule has 28 heavy (non-hydrogen) atoms. The molecule has 0 aliphatic carbocycles. The van der Waals surface area contributed by atoms with Crippen LogP contribution in [0.2, 0.25) is 0 Å². The average Bonchev–Trinajstić information content (AvgIpc) is 2.93. The van der Waals surface area contributed by atoms with Crippen LogP contribution in [0.25, 0.3) is 0 Å². The van der Waals surface area contributed by atoms with Gasteiger partial charge in [0, 0.05) is 0 Å². The SMILES string of the molecule is CC(C)S[C@H](CC(=O)OC(C)(C)C)C(=O)N1C(=O)OC[C@@H]1Cc1ccccc1. The Balaban J connectivity index is 2.15. The minimum atomic E-state index is -0.696. The number of nitrogens with zero attached hydrogens (tertiary/aromatic N) is 1. The van der Waals surface area contributed by atoms with Crippen LogP contribution in [0, 0.1) is 0 Å². The largest absolute Gasteiger partial charge is 0.460 e. The van der Waals surface area contributed by atoms with Gasteiger partial charge in [0.15, 0.2) is 0 Å². The molecule has 2 amide bonds. The van der Waals surface area contributed by atoms with Crippen LogP contribution in [0.4, 0.5) is 4.79 Å². The van der Waals surface area contributed by atoms with E-state index < -0.39 is 28.8 Å². The molecule has 0 unspecified atom stereocenters. The maximum Gasteiger partial charge on any atom is 0.417 e. The number of ether oxygens (including phenoxy) is 2. The molecule has 7 heteroatoms. The lowest BCUT2D eigenvalue weighted by molar-refractivity contribution is -0.156. The second-order valence-electron chi connectivity index (χ2n) is 8.09. The molecule has 6 nitrogen and oxygen atoms in total. The number of esters is 1. The molecule has 2 atom stereocenters. The van der Waals surface area contributed by atoms with Crippen molar-refractivity contribution in [1.29, 1.82) is 0 Å². The Hall–Kier alpha value is -2.02. The molecule has 0 N–H and O–H groups in total. The van der Waals surface area contributed by atoms with Crippen LogP contribution in [0.5, 0.6) is 0 Å². The molecule has 1 fully saturated rings. The summed E-state index contributed by atoms with van der Waals surface area (Å²) in [7, 11) is 0. The van der Waals surface area contributed by atoms with Crippen molar-refractivity contribution in [3.8, 4) is 0 Å². The molecule has 2 rings (SSSR count). The molecule has 0 spiro atoms. The Morgan fingerprint density at radius 1 is 1.25 bits per heavy atom. The second kappa shape index (κ2) is 9.45. The van der Waals surface area contributed by atoms with E-state index in [1.165, 1.54) is 16.7 Å². The van der Waals surface area contributed by atoms with Gasteiger partial charge >= 0.3 is 12.1 Å². The van der Waals surface area contributed by atoms with Crippen LogP contribution in [0.15, 0.2) is 30.3 Å². The second-order valence-corrected chi connectivity index (χ2v) is 9.88. The lowest BCUT2D eigenvalue weighted by atomic mass is 10.1. The maximum atomic E-state index is 13.2. The van der Waals surface area contributed by atoms with E-state index in [9.17, 15) is 14.4 Å². The van der Waals surface area contributed by atoms with E-state index in [1.54, 1.807) is 20.8 Å². The number of imide groups is 1. The van der Waals surface area contributed by atoms with Crippen molar-refractivity contribution in [2.75, 3.05) is 6.61 Å². The molecule has 0 radical (unpaired) electrons. The van der Waals surface area contributed by atoms with Gasteiger partial charge in [-0.25, -0.2) is 9.69 Å². The molecule has 1 aromatic rings. The van der Waals surface area contributed by atoms with Crippen molar-refractivity contribution >= 4 is 29.7 Å². The van der Waals surface area contributed by atoms with Gasteiger partial charge in [-0.05, 0) is 38.0 Å². The van der Waals surface area contributed by atoms with Gasteiger partial charge in [-0.3, -0.25) is 9.59 Å². The number of amides is 2. The first-order valence-corrected chi connectivity index (χ1v) is 10.4. The average molecular weight is 408 g/mol. The van der Waals surface area contributed by atoms with Crippen LogP contribution < -0.4 is 0 Å². The monoisotopic (exact) mass is 407 g/mol. The Bertz CT molecular complexity index is 698. The Labute approximate surface area is 170 Å². The summed E-state index contributed by atoms with van der Waals surface area (Å²) in [5, 5.41) is -0.582. The van der Waals surface area contributed by atoms with Crippen molar-refractivity contribution < 1.29 is 23.9 Å². The Morgan fingerprint density at radius 3 is 2.46 bits per heavy atom. The highest BCUT2D eigenvalue weighted by atomic mass is 32.2. The molecule has 1 aliphatic rings. The van der Waals surface area contributed by atoms with Gasteiger partial charge in [0.25, 0.3) is 0 Å². The first kappa shape index (κ1) is 22.3. The zero-order valence-electron chi connectivity index (χ0n) is 17.1. The van der Waals surface area contributed by atoms with Crippen LogP contribution in [0.3, 0.4) is 0 Å². The van der Waals surface area contributed by atoms with Gasteiger partial charge in [0.2, 0.25) is 5.91 Å². The van der Waals surface area contributed by atoms with E-state index >= 15 is 0 Å². The molecular formula is C21H29NO5S. The number of hydrogen-bond acceptors (Lipinski definition) is 6. The summed E-state index contributed by atoms with van der Waals surface area (Å²) in [6.45, 7) is 9.40. The summed E-state index contributed by atoms with van der Waals surface area (Å²) in [4.78, 5) is 38.9. The molecule has 0 bridgehead atoms. The first-order valence-electron chi connectivity index (χ1n) is 9.48. The summed E-state index contributed by atoms with van der Waals surface area (Å²) in [6.07, 6.45) is -0.214. The third-order valence-electron chi connectivity index (χ3n) is 4.00. The molecule has 154 valence electrons. The maximum absolute atomic E-state index is 13.2. The van der Waals surface area contributed by atoms with Crippen LogP contribution in [0.1, 0.15) is 46.6 Å². The van der Waals surface area contributed by atoms with E-state index in [0.29, 0.717) is 6.42 Å². The third kappa shape index (κ3) is 6.55. The van der Waals surface area contributed by atoms with Gasteiger partial charge in [-0.2, -0.15) is 0 Å². The highest BCUT2D eigenvalue weighted by Gasteiger charge is 2.42. The number of benzene rings is 1. The lowest BCUT2D eigenvalue weighted by Crippen LogP contribution is -2.46. The number of carbonyl (C=O) groups is 3. The van der Waals surface area contributed by atoms with Crippen LogP contribution >= 0.6 is 11.8 Å². The summed E-state index contributed by atoms with van der Waals surface area (Å²) in [5.74, 6) is -0.848. The molecule has 1 aromatic carbocycles. The minimum absolute atomic E-state index is 0.0826. The molecule has 1 saturated heterocycles. The number of carbonyl (C=O) groups excluding carboxylic acids is 3. The normalized spacial score (nSPS) is 18.1. The van der Waals surface area contributed by atoms with Gasteiger partial charge in [0.05, 0.1) is 17.7 Å². The summed E-state index contributed by atoms with van der Waals surface area (Å²) >= 11 is 1.36. The standard InChI is InChI=1S/C21H29NO5S/c1-14(2)28-17(12-18(23)27-21(3,4)5)19(24)22-16(13-26-20(22)25)11-15-9-7-6-8-10-15/h6-10,14,16-17H,11-13H2,1-5H3/t16-,17+/m0/s1. The minimum Gasteiger partial charge on any atom is -0.460 e. The van der Waals surface area contributed by atoms with Gasteiger partial charge in [-0.15, -0.1) is 11.8 Å². The Kier molecular flexibility index (Phi) is 7.52. The summed E-state index contributed by atoms with van der Waals surface area (Å²) in [5.41, 5.74) is 0.388. The highest BCUT2D eigenvalue weighted by Crippen LogP contribution is 2.27. The van der Waals surface area contributed by atoms with Crippen molar-refractivity contribution in [3.05, 3.63) is 35.9 Å². The van der Waals surface area contributed by atoms with Gasteiger partial charge in [0.1, 0.15) is 12.2 Å². The summed E-state index contributed by atoms with van der Waals surface area (Å²) in [6, 6.07) is 9.27. The molecule has 0 aromatic heterocycles. The van der Waals surface area contributed by atoms with Crippen molar-refractivity contribution in [3.63, 3.8) is 0 Å². The molecular weight excluding hydrogens is 378 g/mol. The fraction of sp³-hybridized carbons (Fsp3) is 0.571. The predicted molar refractivity (Wildman–Crippen MR) is 109 cm³/mol. The predicted octanol–water partition coefficient (Wildman–Crippen LogP) is 3.82. The number of cyclic esters (lactones) is 1. The fourth-order valence-corrected chi connectivity index (χ4v) is 4.10.